The summed E-state index contributed by atoms with van der Waals surface area (Å²) in [6.07, 6.45) is 2.13. The predicted molar refractivity (Wildman–Crippen MR) is 89.3 cm³/mol. The Hall–Kier alpha value is -1.55. The van der Waals surface area contributed by atoms with E-state index >= 15 is 0 Å². The van der Waals surface area contributed by atoms with E-state index in [0.29, 0.717) is 6.04 Å². The zero-order valence-corrected chi connectivity index (χ0v) is 14.1. The van der Waals surface area contributed by atoms with E-state index in [1.165, 1.54) is 0 Å². The van der Waals surface area contributed by atoms with Crippen molar-refractivity contribution in [1.29, 1.82) is 0 Å². The van der Waals surface area contributed by atoms with Crippen LogP contribution in [0.5, 0.6) is 5.75 Å². The van der Waals surface area contributed by atoms with Crippen LogP contribution in [0.1, 0.15) is 46.1 Å². The van der Waals surface area contributed by atoms with Gasteiger partial charge in [0.1, 0.15) is 5.75 Å². The van der Waals surface area contributed by atoms with Gasteiger partial charge in [-0.3, -0.25) is 4.79 Å². The molecule has 2 rings (SSSR count). The van der Waals surface area contributed by atoms with Gasteiger partial charge < -0.3 is 15.4 Å². The zero-order valence-electron chi connectivity index (χ0n) is 14.1. The molecule has 1 aromatic rings. The van der Waals surface area contributed by atoms with Crippen LogP contribution in [0.3, 0.4) is 0 Å². The zero-order chi connectivity index (χ0) is 16.2. The Balaban J connectivity index is 1.91. The van der Waals surface area contributed by atoms with E-state index in [1.807, 2.05) is 18.2 Å². The molecular weight excluding hydrogens is 276 g/mol. The number of rotatable bonds is 4. The number of carbonyl (C=O) groups is 1. The van der Waals surface area contributed by atoms with E-state index < -0.39 is 0 Å². The van der Waals surface area contributed by atoms with Gasteiger partial charge in [-0.05, 0) is 43.4 Å². The molecule has 1 aromatic carbocycles. The molecule has 0 aromatic heterocycles. The molecule has 1 amide bonds. The average molecular weight is 304 g/mol. The Morgan fingerprint density at radius 2 is 2.09 bits per heavy atom. The Labute approximate surface area is 133 Å². The molecular formula is C18H28N2O2. The van der Waals surface area contributed by atoms with Crippen LogP contribution in [-0.2, 0) is 10.2 Å². The molecule has 22 heavy (non-hydrogen) atoms. The minimum Gasteiger partial charge on any atom is -0.483 e. The SMILES string of the molecule is CC1NCCCC1NC(=O)COc1ccccc1C(C)(C)C. The van der Waals surface area contributed by atoms with Crippen molar-refractivity contribution in [2.75, 3.05) is 13.2 Å². The average Bonchev–Trinajstić information content (AvgIpc) is 2.47. The first kappa shape index (κ1) is 16.8. The maximum atomic E-state index is 12.1. The van der Waals surface area contributed by atoms with Crippen molar-refractivity contribution >= 4 is 5.91 Å². The number of piperidine rings is 1. The molecule has 1 saturated heterocycles. The highest BCUT2D eigenvalue weighted by Gasteiger charge is 2.23. The first-order valence-corrected chi connectivity index (χ1v) is 8.13. The third kappa shape index (κ3) is 4.47. The molecule has 0 bridgehead atoms. The van der Waals surface area contributed by atoms with Crippen LogP contribution in [-0.4, -0.2) is 31.1 Å². The van der Waals surface area contributed by atoms with Crippen LogP contribution in [0.15, 0.2) is 24.3 Å². The second-order valence-corrected chi connectivity index (χ2v) is 7.09. The number of benzene rings is 1. The van der Waals surface area contributed by atoms with Crippen molar-refractivity contribution in [3.63, 3.8) is 0 Å². The summed E-state index contributed by atoms with van der Waals surface area (Å²) >= 11 is 0. The van der Waals surface area contributed by atoms with E-state index in [0.717, 1.165) is 30.7 Å². The van der Waals surface area contributed by atoms with Crippen molar-refractivity contribution in [2.24, 2.45) is 0 Å². The maximum absolute atomic E-state index is 12.1. The van der Waals surface area contributed by atoms with Gasteiger partial charge in [0.05, 0.1) is 0 Å². The largest absolute Gasteiger partial charge is 0.483 e. The molecule has 1 aliphatic rings. The highest BCUT2D eigenvalue weighted by molar-refractivity contribution is 5.78. The van der Waals surface area contributed by atoms with Crippen LogP contribution >= 0.6 is 0 Å². The maximum Gasteiger partial charge on any atom is 0.258 e. The molecule has 0 radical (unpaired) electrons. The van der Waals surface area contributed by atoms with Crippen LogP contribution < -0.4 is 15.4 Å². The Kier molecular flexibility index (Phi) is 5.46. The standard InChI is InChI=1S/C18H28N2O2/c1-13-15(9-7-11-19-13)20-17(21)12-22-16-10-6-5-8-14(16)18(2,3)4/h5-6,8,10,13,15,19H,7,9,11-12H2,1-4H3,(H,20,21). The van der Waals surface area contributed by atoms with Gasteiger partial charge in [0.15, 0.2) is 6.61 Å². The van der Waals surface area contributed by atoms with E-state index in [-0.39, 0.29) is 24.0 Å². The van der Waals surface area contributed by atoms with Crippen LogP contribution in [0.2, 0.25) is 0 Å². The molecule has 2 N–H and O–H groups in total. The van der Waals surface area contributed by atoms with Gasteiger partial charge in [0.25, 0.3) is 5.91 Å². The molecule has 0 saturated carbocycles. The monoisotopic (exact) mass is 304 g/mol. The van der Waals surface area contributed by atoms with Crippen molar-refractivity contribution in [3.05, 3.63) is 29.8 Å². The fourth-order valence-electron chi connectivity index (χ4n) is 2.84. The van der Waals surface area contributed by atoms with Gasteiger partial charge >= 0.3 is 0 Å². The minimum atomic E-state index is -0.0516. The summed E-state index contributed by atoms with van der Waals surface area (Å²) in [7, 11) is 0. The summed E-state index contributed by atoms with van der Waals surface area (Å²) in [5.41, 5.74) is 1.12. The summed E-state index contributed by atoms with van der Waals surface area (Å²) in [4.78, 5) is 12.1. The number of nitrogens with one attached hydrogen (secondary N) is 2. The van der Waals surface area contributed by atoms with Crippen molar-refractivity contribution in [1.82, 2.24) is 10.6 Å². The molecule has 1 heterocycles. The topological polar surface area (TPSA) is 50.4 Å². The van der Waals surface area contributed by atoms with Crippen molar-refractivity contribution in [2.45, 2.75) is 58.0 Å². The van der Waals surface area contributed by atoms with E-state index in [9.17, 15) is 4.79 Å². The quantitative estimate of drug-likeness (QED) is 0.899. The molecule has 1 aliphatic heterocycles. The van der Waals surface area contributed by atoms with Gasteiger partial charge in [0.2, 0.25) is 0 Å². The summed E-state index contributed by atoms with van der Waals surface area (Å²) in [6, 6.07) is 8.44. The Morgan fingerprint density at radius 1 is 1.36 bits per heavy atom. The van der Waals surface area contributed by atoms with Crippen LogP contribution in [0, 0.1) is 0 Å². The first-order valence-electron chi connectivity index (χ1n) is 8.13. The number of ether oxygens (including phenoxy) is 1. The van der Waals surface area contributed by atoms with Gasteiger partial charge in [-0.2, -0.15) is 0 Å². The second kappa shape index (κ2) is 7.14. The fourth-order valence-corrected chi connectivity index (χ4v) is 2.84. The lowest BCUT2D eigenvalue weighted by atomic mass is 9.86. The van der Waals surface area contributed by atoms with Crippen LogP contribution in [0.4, 0.5) is 0 Å². The van der Waals surface area contributed by atoms with Gasteiger partial charge in [-0.25, -0.2) is 0 Å². The summed E-state index contributed by atoms with van der Waals surface area (Å²) in [5.74, 6) is 0.740. The van der Waals surface area contributed by atoms with Crippen molar-refractivity contribution < 1.29 is 9.53 Å². The first-order chi connectivity index (χ1) is 10.4. The van der Waals surface area contributed by atoms with Gasteiger partial charge in [-0.15, -0.1) is 0 Å². The molecule has 122 valence electrons. The Morgan fingerprint density at radius 3 is 2.77 bits per heavy atom. The number of para-hydroxylation sites is 1. The molecule has 2 atom stereocenters. The lowest BCUT2D eigenvalue weighted by molar-refractivity contribution is -0.124. The van der Waals surface area contributed by atoms with E-state index in [1.54, 1.807) is 0 Å². The number of carbonyl (C=O) groups excluding carboxylic acids is 1. The summed E-state index contributed by atoms with van der Waals surface area (Å²) in [6.45, 7) is 9.64. The number of hydrogen-bond donors (Lipinski definition) is 2. The van der Waals surface area contributed by atoms with E-state index in [4.69, 9.17) is 4.74 Å². The molecule has 2 unspecified atom stereocenters. The normalized spacial score (nSPS) is 22.2. The third-order valence-electron chi connectivity index (χ3n) is 4.16. The Bertz CT molecular complexity index is 508. The summed E-state index contributed by atoms with van der Waals surface area (Å²) < 4.78 is 5.77. The van der Waals surface area contributed by atoms with Gasteiger partial charge in [-0.1, -0.05) is 39.0 Å². The number of amides is 1. The second-order valence-electron chi connectivity index (χ2n) is 7.09. The third-order valence-corrected chi connectivity index (χ3v) is 4.16. The number of hydrogen-bond acceptors (Lipinski definition) is 3. The smallest absolute Gasteiger partial charge is 0.258 e. The minimum absolute atomic E-state index is 0.00509. The van der Waals surface area contributed by atoms with Gasteiger partial charge in [0, 0.05) is 12.1 Å². The summed E-state index contributed by atoms with van der Waals surface area (Å²) in [5, 5.41) is 6.46. The molecule has 1 fully saturated rings. The molecule has 0 spiro atoms. The van der Waals surface area contributed by atoms with E-state index in [2.05, 4.69) is 44.4 Å². The predicted octanol–water partition coefficient (Wildman–Crippen LogP) is 2.62. The van der Waals surface area contributed by atoms with Crippen LogP contribution in [0.25, 0.3) is 0 Å². The lowest BCUT2D eigenvalue weighted by Gasteiger charge is -2.30. The molecule has 0 aliphatic carbocycles. The highest BCUT2D eigenvalue weighted by atomic mass is 16.5. The van der Waals surface area contributed by atoms with Crippen molar-refractivity contribution in [3.8, 4) is 5.75 Å². The lowest BCUT2D eigenvalue weighted by Crippen LogP contribution is -2.52. The highest BCUT2D eigenvalue weighted by Crippen LogP contribution is 2.30. The molecule has 4 heteroatoms. The molecule has 4 nitrogen and oxygen atoms in total. The fraction of sp³-hybridized carbons (Fsp3) is 0.611.